The van der Waals surface area contributed by atoms with Crippen molar-refractivity contribution in [1.29, 1.82) is 0 Å². The van der Waals surface area contributed by atoms with E-state index in [9.17, 15) is 0 Å². The summed E-state index contributed by atoms with van der Waals surface area (Å²) < 4.78 is 12.1. The summed E-state index contributed by atoms with van der Waals surface area (Å²) in [6, 6.07) is 17.0. The predicted octanol–water partition coefficient (Wildman–Crippen LogP) is 2.82. The molecule has 0 saturated carbocycles. The fraction of sp³-hybridized carbons (Fsp3) is 0.158. The molecule has 7 nitrogen and oxygen atoms in total. The van der Waals surface area contributed by atoms with Gasteiger partial charge in [0.15, 0.2) is 5.96 Å². The van der Waals surface area contributed by atoms with Gasteiger partial charge in [0.2, 0.25) is 0 Å². The smallest absolute Gasteiger partial charge is 0.193 e. The molecule has 2 aromatic carbocycles. The molecule has 26 heavy (non-hydrogen) atoms. The summed E-state index contributed by atoms with van der Waals surface area (Å²) in [6.07, 6.45) is 1.89. The van der Waals surface area contributed by atoms with Crippen LogP contribution in [0.3, 0.4) is 0 Å². The third kappa shape index (κ3) is 4.32. The second-order valence-corrected chi connectivity index (χ2v) is 5.50. The Hall–Kier alpha value is -3.48. The van der Waals surface area contributed by atoms with Crippen molar-refractivity contribution in [2.75, 3.05) is 19.5 Å². The molecule has 3 aromatic rings. The van der Waals surface area contributed by atoms with Gasteiger partial charge in [0.05, 0.1) is 32.1 Å². The number of aliphatic imine (C=N–C) groups is 1. The van der Waals surface area contributed by atoms with Gasteiger partial charge in [-0.3, -0.25) is 0 Å². The molecule has 0 fully saturated rings. The number of nitrogens with two attached hydrogens (primary N) is 1. The van der Waals surface area contributed by atoms with Crippen LogP contribution in [0.5, 0.6) is 11.5 Å². The Balaban J connectivity index is 1.61. The molecular weight excluding hydrogens is 330 g/mol. The van der Waals surface area contributed by atoms with Crippen LogP contribution in [-0.2, 0) is 6.54 Å². The molecule has 0 aliphatic heterocycles. The number of benzene rings is 2. The number of ether oxygens (including phenoxy) is 2. The van der Waals surface area contributed by atoms with Crippen LogP contribution in [0.1, 0.15) is 5.69 Å². The monoisotopic (exact) mass is 351 g/mol. The number of hydrogen-bond acceptors (Lipinski definition) is 4. The van der Waals surface area contributed by atoms with E-state index in [4.69, 9.17) is 15.2 Å². The molecule has 0 spiro atoms. The summed E-state index contributed by atoms with van der Waals surface area (Å²) in [5.74, 6) is 1.92. The minimum atomic E-state index is 0.328. The summed E-state index contributed by atoms with van der Waals surface area (Å²) in [5.41, 5.74) is 8.55. The molecule has 0 aliphatic rings. The second kappa shape index (κ2) is 8.06. The molecule has 0 amide bonds. The first-order valence-corrected chi connectivity index (χ1v) is 8.08. The Morgan fingerprint density at radius 1 is 1.00 bits per heavy atom. The average Bonchev–Trinajstić information content (AvgIpc) is 3.16. The van der Waals surface area contributed by atoms with Crippen molar-refractivity contribution in [2.24, 2.45) is 10.7 Å². The van der Waals surface area contributed by atoms with E-state index >= 15 is 0 Å². The van der Waals surface area contributed by atoms with Crippen molar-refractivity contribution in [3.63, 3.8) is 0 Å². The van der Waals surface area contributed by atoms with Crippen LogP contribution in [0.4, 0.5) is 5.69 Å². The molecule has 1 aromatic heterocycles. The van der Waals surface area contributed by atoms with Gasteiger partial charge in [0, 0.05) is 11.9 Å². The number of anilines is 1. The Kier molecular flexibility index (Phi) is 5.38. The van der Waals surface area contributed by atoms with Crippen molar-refractivity contribution < 1.29 is 9.47 Å². The summed E-state index contributed by atoms with van der Waals surface area (Å²) in [5, 5.41) is 7.54. The molecule has 3 N–H and O–H groups in total. The van der Waals surface area contributed by atoms with Crippen LogP contribution >= 0.6 is 0 Å². The SMILES string of the molecule is COc1ccc(NC(N)=NCc2ccn(-c3ccc(OC)cc3)n2)cc1. The highest BCUT2D eigenvalue weighted by Gasteiger charge is 2.02. The molecule has 0 atom stereocenters. The van der Waals surface area contributed by atoms with E-state index in [1.54, 1.807) is 18.9 Å². The zero-order chi connectivity index (χ0) is 18.4. The van der Waals surface area contributed by atoms with E-state index < -0.39 is 0 Å². The normalized spacial score (nSPS) is 11.2. The van der Waals surface area contributed by atoms with E-state index in [0.29, 0.717) is 12.5 Å². The maximum Gasteiger partial charge on any atom is 0.193 e. The van der Waals surface area contributed by atoms with Crippen LogP contribution in [0.2, 0.25) is 0 Å². The topological polar surface area (TPSA) is 86.7 Å². The van der Waals surface area contributed by atoms with E-state index in [1.807, 2.05) is 60.8 Å². The summed E-state index contributed by atoms with van der Waals surface area (Å²) in [7, 11) is 3.27. The van der Waals surface area contributed by atoms with Crippen LogP contribution < -0.4 is 20.5 Å². The third-order valence-corrected chi connectivity index (χ3v) is 3.76. The highest BCUT2D eigenvalue weighted by molar-refractivity contribution is 5.92. The molecule has 0 saturated heterocycles. The predicted molar refractivity (Wildman–Crippen MR) is 102 cm³/mol. The largest absolute Gasteiger partial charge is 0.497 e. The van der Waals surface area contributed by atoms with Crippen molar-refractivity contribution in [2.45, 2.75) is 6.54 Å². The summed E-state index contributed by atoms with van der Waals surface area (Å²) >= 11 is 0. The average molecular weight is 351 g/mol. The molecule has 134 valence electrons. The molecule has 0 unspecified atom stereocenters. The van der Waals surface area contributed by atoms with Gasteiger partial charge in [-0.25, -0.2) is 9.67 Å². The molecule has 7 heteroatoms. The van der Waals surface area contributed by atoms with Gasteiger partial charge in [-0.15, -0.1) is 0 Å². The van der Waals surface area contributed by atoms with Crippen LogP contribution in [0.25, 0.3) is 5.69 Å². The van der Waals surface area contributed by atoms with Crippen LogP contribution in [-0.4, -0.2) is 30.0 Å². The number of guanidine groups is 1. The molecule has 0 radical (unpaired) electrons. The summed E-state index contributed by atoms with van der Waals surface area (Å²) in [4.78, 5) is 4.32. The number of methoxy groups -OCH3 is 2. The number of nitrogens with zero attached hydrogens (tertiary/aromatic N) is 3. The minimum Gasteiger partial charge on any atom is -0.497 e. The van der Waals surface area contributed by atoms with E-state index in [-0.39, 0.29) is 0 Å². The Morgan fingerprint density at radius 3 is 2.23 bits per heavy atom. The third-order valence-electron chi connectivity index (χ3n) is 3.76. The van der Waals surface area contributed by atoms with E-state index in [2.05, 4.69) is 15.4 Å². The Labute approximate surface area is 152 Å². The zero-order valence-corrected chi connectivity index (χ0v) is 14.7. The van der Waals surface area contributed by atoms with Crippen molar-refractivity contribution >= 4 is 11.6 Å². The van der Waals surface area contributed by atoms with Gasteiger partial charge in [-0.1, -0.05) is 0 Å². The van der Waals surface area contributed by atoms with E-state index in [0.717, 1.165) is 28.6 Å². The first-order chi connectivity index (χ1) is 12.7. The number of hydrogen-bond donors (Lipinski definition) is 2. The number of nitrogens with one attached hydrogen (secondary N) is 1. The van der Waals surface area contributed by atoms with E-state index in [1.165, 1.54) is 0 Å². The lowest BCUT2D eigenvalue weighted by Gasteiger charge is -2.06. The quantitative estimate of drug-likeness (QED) is 0.527. The second-order valence-electron chi connectivity index (χ2n) is 5.50. The highest BCUT2D eigenvalue weighted by atomic mass is 16.5. The van der Waals surface area contributed by atoms with Gasteiger partial charge in [-0.2, -0.15) is 5.10 Å². The van der Waals surface area contributed by atoms with Gasteiger partial charge < -0.3 is 20.5 Å². The lowest BCUT2D eigenvalue weighted by atomic mass is 10.3. The fourth-order valence-electron chi connectivity index (χ4n) is 2.35. The number of rotatable bonds is 6. The summed E-state index contributed by atoms with van der Waals surface area (Å²) in [6.45, 7) is 0.387. The van der Waals surface area contributed by atoms with Crippen LogP contribution in [0.15, 0.2) is 65.8 Å². The lowest BCUT2D eigenvalue weighted by Crippen LogP contribution is -2.22. The molecule has 0 aliphatic carbocycles. The standard InChI is InChI=1S/C19H21N5O2/c1-25-17-7-3-14(4-8-17)22-19(20)21-13-15-11-12-24(23-15)16-5-9-18(26-2)10-6-16/h3-12H,13H2,1-2H3,(H3,20,21,22). The molecule has 3 rings (SSSR count). The van der Waals surface area contributed by atoms with Crippen molar-refractivity contribution in [1.82, 2.24) is 9.78 Å². The van der Waals surface area contributed by atoms with Crippen molar-refractivity contribution in [3.8, 4) is 17.2 Å². The molecule has 0 bridgehead atoms. The molecular formula is C19H21N5O2. The maximum atomic E-state index is 5.93. The van der Waals surface area contributed by atoms with Crippen LogP contribution in [0, 0.1) is 0 Å². The Morgan fingerprint density at radius 2 is 1.62 bits per heavy atom. The first kappa shape index (κ1) is 17.3. The Bertz CT molecular complexity index is 870. The van der Waals surface area contributed by atoms with Gasteiger partial charge in [-0.05, 0) is 54.6 Å². The maximum absolute atomic E-state index is 5.93. The lowest BCUT2D eigenvalue weighted by molar-refractivity contribution is 0.414. The van der Waals surface area contributed by atoms with Gasteiger partial charge >= 0.3 is 0 Å². The molecule has 1 heterocycles. The fourth-order valence-corrected chi connectivity index (χ4v) is 2.35. The van der Waals surface area contributed by atoms with Crippen molar-refractivity contribution in [3.05, 3.63) is 66.5 Å². The minimum absolute atomic E-state index is 0.328. The first-order valence-electron chi connectivity index (χ1n) is 8.08. The number of aromatic nitrogens is 2. The zero-order valence-electron chi connectivity index (χ0n) is 14.7. The highest BCUT2D eigenvalue weighted by Crippen LogP contribution is 2.16. The van der Waals surface area contributed by atoms with Gasteiger partial charge in [0.1, 0.15) is 11.5 Å². The van der Waals surface area contributed by atoms with Gasteiger partial charge in [0.25, 0.3) is 0 Å².